The Kier molecular flexibility index (Phi) is 6.12. The van der Waals surface area contributed by atoms with E-state index in [1.807, 2.05) is 49.6 Å². The van der Waals surface area contributed by atoms with Crippen LogP contribution in [-0.4, -0.2) is 43.8 Å². The minimum atomic E-state index is -1.16. The molecule has 9 nitrogen and oxygen atoms in total. The number of rotatable bonds is 6. The first-order valence-electron chi connectivity index (χ1n) is 10.6. The summed E-state index contributed by atoms with van der Waals surface area (Å²) < 4.78 is 0. The zero-order chi connectivity index (χ0) is 24.5. The number of aromatic carboxylic acids is 1. The molecule has 0 saturated heterocycles. The summed E-state index contributed by atoms with van der Waals surface area (Å²) in [5.74, 6) is -0.984. The summed E-state index contributed by atoms with van der Waals surface area (Å²) >= 11 is 2.81. The van der Waals surface area contributed by atoms with Crippen molar-refractivity contribution in [3.63, 3.8) is 0 Å². The van der Waals surface area contributed by atoms with Crippen LogP contribution in [0.15, 0.2) is 70.2 Å². The molecule has 35 heavy (non-hydrogen) atoms. The van der Waals surface area contributed by atoms with Crippen molar-refractivity contribution in [3.8, 4) is 11.3 Å². The second kappa shape index (κ2) is 9.37. The van der Waals surface area contributed by atoms with Gasteiger partial charge in [0.25, 0.3) is 0 Å². The molecule has 0 radical (unpaired) electrons. The Hall–Kier alpha value is -3.93. The monoisotopic (exact) mass is 504 g/mol. The van der Waals surface area contributed by atoms with Crippen molar-refractivity contribution in [2.24, 2.45) is 10.2 Å². The summed E-state index contributed by atoms with van der Waals surface area (Å²) in [5, 5.41) is 33.8. The van der Waals surface area contributed by atoms with E-state index < -0.39 is 12.2 Å². The molecule has 1 aliphatic rings. The Morgan fingerprint density at radius 1 is 1.06 bits per heavy atom. The van der Waals surface area contributed by atoms with E-state index in [0.29, 0.717) is 27.4 Å². The van der Waals surface area contributed by atoms with E-state index >= 15 is 0 Å². The predicted molar refractivity (Wildman–Crippen MR) is 139 cm³/mol. The van der Waals surface area contributed by atoms with Crippen LogP contribution in [0, 0.1) is 13.8 Å². The lowest BCUT2D eigenvalue weighted by Gasteiger charge is -2.15. The maximum Gasteiger partial charge on any atom is 0.335 e. The van der Waals surface area contributed by atoms with E-state index in [4.69, 9.17) is 5.11 Å². The van der Waals surface area contributed by atoms with Crippen LogP contribution < -0.4 is 10.4 Å². The number of nitrogens with one attached hydrogen (secondary N) is 1. The fraction of sp³-hybridized carbons (Fsp3) is 0.125. The van der Waals surface area contributed by atoms with Crippen molar-refractivity contribution < 1.29 is 15.0 Å². The lowest BCUT2D eigenvalue weighted by Crippen LogP contribution is -2.34. The molecule has 4 aromatic rings. The molecule has 0 aliphatic carbocycles. The number of thiazole rings is 2. The van der Waals surface area contributed by atoms with Gasteiger partial charge in [0.2, 0.25) is 10.3 Å². The maximum atomic E-state index is 11.2. The van der Waals surface area contributed by atoms with Crippen molar-refractivity contribution in [2.75, 3.05) is 10.4 Å². The van der Waals surface area contributed by atoms with Crippen molar-refractivity contribution in [1.29, 1.82) is 0 Å². The van der Waals surface area contributed by atoms with E-state index in [2.05, 4.69) is 25.6 Å². The van der Waals surface area contributed by atoms with Crippen molar-refractivity contribution >= 4 is 50.3 Å². The van der Waals surface area contributed by atoms with Crippen molar-refractivity contribution in [3.05, 3.63) is 81.7 Å². The van der Waals surface area contributed by atoms with Crippen LogP contribution in [0.1, 0.15) is 26.5 Å². The van der Waals surface area contributed by atoms with Gasteiger partial charge >= 0.3 is 5.97 Å². The molecule has 3 heterocycles. The molecular formula is C24H20N6O3S2. The molecule has 2 aromatic carbocycles. The molecule has 1 unspecified atom stereocenters. The Morgan fingerprint density at radius 2 is 1.80 bits per heavy atom. The van der Waals surface area contributed by atoms with E-state index in [-0.39, 0.29) is 5.56 Å². The predicted octanol–water partition coefficient (Wildman–Crippen LogP) is 4.59. The molecule has 2 aromatic heterocycles. The number of carboxylic acids is 1. The van der Waals surface area contributed by atoms with Gasteiger partial charge in [-0.05, 0) is 26.0 Å². The number of hydrazone groups is 2. The van der Waals surface area contributed by atoms with E-state index in [0.717, 1.165) is 21.7 Å². The third-order valence-electron chi connectivity index (χ3n) is 5.39. The van der Waals surface area contributed by atoms with Crippen LogP contribution in [0.3, 0.4) is 0 Å². The molecule has 0 saturated carbocycles. The Morgan fingerprint density at radius 3 is 2.46 bits per heavy atom. The molecule has 0 spiro atoms. The number of hydrogen-bond donors (Lipinski definition) is 3. The number of anilines is 2. The molecule has 0 bridgehead atoms. The average molecular weight is 505 g/mol. The third kappa shape index (κ3) is 4.56. The topological polar surface area (TPSA) is 123 Å². The van der Waals surface area contributed by atoms with Crippen LogP contribution in [0.4, 0.5) is 10.3 Å². The second-order valence-electron chi connectivity index (χ2n) is 7.70. The summed E-state index contributed by atoms with van der Waals surface area (Å²) in [6.07, 6.45) is -1.16. The molecule has 0 amide bonds. The highest BCUT2D eigenvalue weighted by molar-refractivity contribution is 7.15. The first kappa shape index (κ1) is 22.8. The highest BCUT2D eigenvalue weighted by Gasteiger charge is 2.36. The van der Waals surface area contributed by atoms with Crippen LogP contribution in [0.5, 0.6) is 0 Å². The number of carboxylic acid groups (broad SMARTS) is 1. The highest BCUT2D eigenvalue weighted by Crippen LogP contribution is 2.32. The summed E-state index contributed by atoms with van der Waals surface area (Å²) in [6, 6.07) is 16.0. The summed E-state index contributed by atoms with van der Waals surface area (Å²) in [6.45, 7) is 3.92. The maximum absolute atomic E-state index is 11.2. The minimum Gasteiger partial charge on any atom is -0.478 e. The van der Waals surface area contributed by atoms with Gasteiger partial charge in [0.05, 0.1) is 17.0 Å². The fourth-order valence-corrected chi connectivity index (χ4v) is 4.99. The molecule has 176 valence electrons. The first-order chi connectivity index (χ1) is 16.9. The normalized spacial score (nSPS) is 16.5. The Labute approximate surface area is 208 Å². The SMILES string of the molecule is Cc1nc(N/N=C2/C(c3ccccc3)=NN(c3nc(-c4ccc(C(=O)O)cc4)cs3)C2O)sc1C. The van der Waals surface area contributed by atoms with Crippen molar-refractivity contribution in [1.82, 2.24) is 9.97 Å². The summed E-state index contributed by atoms with van der Waals surface area (Å²) in [4.78, 5) is 21.3. The third-order valence-corrected chi connectivity index (χ3v) is 7.20. The van der Waals surface area contributed by atoms with Crippen LogP contribution in [0.2, 0.25) is 0 Å². The summed E-state index contributed by atoms with van der Waals surface area (Å²) in [7, 11) is 0. The number of benzene rings is 2. The molecule has 11 heteroatoms. The van der Waals surface area contributed by atoms with E-state index in [9.17, 15) is 9.90 Å². The quantitative estimate of drug-likeness (QED) is 0.328. The van der Waals surface area contributed by atoms with E-state index in [1.54, 1.807) is 12.1 Å². The first-order valence-corrected chi connectivity index (χ1v) is 12.3. The van der Waals surface area contributed by atoms with Crippen LogP contribution in [-0.2, 0) is 0 Å². The standard InChI is InChI=1S/C24H20N6O3S2/c1-13-14(2)35-23(25-13)28-27-20-19(16-6-4-3-5-7-16)29-30(21(20)31)24-26-18(12-34-24)15-8-10-17(11-9-15)22(32)33/h3-12,21,31H,1-2H3,(H,25,28)(H,32,33)/b27-20-. The number of carbonyl (C=O) groups is 1. The lowest BCUT2D eigenvalue weighted by molar-refractivity contribution is 0.0697. The molecule has 1 aliphatic heterocycles. The van der Waals surface area contributed by atoms with Gasteiger partial charge in [0, 0.05) is 21.4 Å². The highest BCUT2D eigenvalue weighted by atomic mass is 32.1. The van der Waals surface area contributed by atoms with Gasteiger partial charge < -0.3 is 10.2 Å². The van der Waals surface area contributed by atoms with Crippen molar-refractivity contribution in [2.45, 2.75) is 20.1 Å². The zero-order valence-electron chi connectivity index (χ0n) is 18.7. The Bertz CT molecular complexity index is 1420. The van der Waals surface area contributed by atoms with Gasteiger partial charge in [-0.25, -0.2) is 19.8 Å². The largest absolute Gasteiger partial charge is 0.478 e. The smallest absolute Gasteiger partial charge is 0.335 e. The Balaban J connectivity index is 1.47. The van der Waals surface area contributed by atoms with Crippen LogP contribution >= 0.6 is 22.7 Å². The average Bonchev–Trinajstić information content (AvgIpc) is 3.56. The number of nitrogens with zero attached hydrogens (tertiary/aromatic N) is 5. The van der Waals surface area contributed by atoms with E-state index in [1.165, 1.54) is 39.8 Å². The summed E-state index contributed by atoms with van der Waals surface area (Å²) in [5.41, 5.74) is 7.20. The van der Waals surface area contributed by atoms with Gasteiger partial charge in [-0.15, -0.1) is 22.7 Å². The zero-order valence-corrected chi connectivity index (χ0v) is 20.3. The molecule has 3 N–H and O–H groups in total. The van der Waals surface area contributed by atoms with Gasteiger partial charge in [-0.1, -0.05) is 42.5 Å². The lowest BCUT2D eigenvalue weighted by atomic mass is 10.1. The fourth-order valence-electron chi connectivity index (χ4n) is 3.43. The molecule has 1 atom stereocenters. The van der Waals surface area contributed by atoms with Gasteiger partial charge in [0.1, 0.15) is 11.4 Å². The molecular weight excluding hydrogens is 484 g/mol. The molecule has 0 fully saturated rings. The van der Waals surface area contributed by atoms with Crippen LogP contribution in [0.25, 0.3) is 11.3 Å². The number of aromatic nitrogens is 2. The van der Waals surface area contributed by atoms with Gasteiger partial charge in [-0.3, -0.25) is 5.43 Å². The number of aliphatic hydroxyl groups excluding tert-OH is 1. The number of hydrogen-bond acceptors (Lipinski definition) is 10. The van der Waals surface area contributed by atoms with Gasteiger partial charge in [-0.2, -0.15) is 10.2 Å². The second-order valence-corrected chi connectivity index (χ2v) is 9.74. The number of aliphatic hydroxyl groups is 1. The minimum absolute atomic E-state index is 0.204. The molecule has 5 rings (SSSR count). The van der Waals surface area contributed by atoms with Gasteiger partial charge in [0.15, 0.2) is 6.23 Å². The number of aryl methyl sites for hydroxylation is 2.